The third-order valence-electron chi connectivity index (χ3n) is 2.04. The number of carbonyl (C=O) groups is 1. The summed E-state index contributed by atoms with van der Waals surface area (Å²) in [4.78, 5) is 14.6. The van der Waals surface area contributed by atoms with E-state index >= 15 is 0 Å². The van der Waals surface area contributed by atoms with E-state index in [9.17, 15) is 4.79 Å². The lowest BCUT2D eigenvalue weighted by Crippen LogP contribution is -2.38. The van der Waals surface area contributed by atoms with Crippen LogP contribution in [0.2, 0.25) is 0 Å². The van der Waals surface area contributed by atoms with Crippen molar-refractivity contribution in [1.29, 1.82) is 0 Å². The van der Waals surface area contributed by atoms with Gasteiger partial charge in [-0.15, -0.1) is 0 Å². The average Bonchev–Trinajstić information content (AvgIpc) is 2.25. The van der Waals surface area contributed by atoms with Gasteiger partial charge in [0.1, 0.15) is 0 Å². The van der Waals surface area contributed by atoms with Gasteiger partial charge in [-0.1, -0.05) is 0 Å². The van der Waals surface area contributed by atoms with Gasteiger partial charge >= 0.3 is 0 Å². The Labute approximate surface area is 71.8 Å². The van der Waals surface area contributed by atoms with E-state index in [4.69, 9.17) is 9.47 Å². The molecule has 1 amide bonds. The lowest BCUT2D eigenvalue weighted by Gasteiger charge is -2.23. The van der Waals surface area contributed by atoms with E-state index in [1.54, 1.807) is 26.1 Å². The summed E-state index contributed by atoms with van der Waals surface area (Å²) in [6.07, 6.45) is -0.831. The molecular formula is C7H14N2O3. The second-order valence-electron chi connectivity index (χ2n) is 2.76. The minimum Gasteiger partial charge on any atom is -0.357 e. The van der Waals surface area contributed by atoms with Gasteiger partial charge in [-0.3, -0.25) is 4.79 Å². The van der Waals surface area contributed by atoms with Gasteiger partial charge in [0.25, 0.3) is 5.91 Å². The largest absolute Gasteiger partial charge is 0.357 e. The lowest BCUT2D eigenvalue weighted by molar-refractivity contribution is -0.138. The number of methoxy groups -OCH3 is 2. The maximum Gasteiger partial charge on any atom is 0.269 e. The van der Waals surface area contributed by atoms with Crippen molar-refractivity contribution in [3.05, 3.63) is 0 Å². The third kappa shape index (κ3) is 1.20. The Morgan fingerprint density at radius 3 is 2.08 bits per heavy atom. The van der Waals surface area contributed by atoms with Gasteiger partial charge in [0, 0.05) is 21.3 Å². The molecule has 70 valence electrons. The van der Waals surface area contributed by atoms with Gasteiger partial charge in [0.15, 0.2) is 12.6 Å². The molecule has 0 N–H and O–H groups in total. The zero-order chi connectivity index (χ0) is 9.30. The highest BCUT2D eigenvalue weighted by atomic mass is 16.5. The molecule has 1 rings (SSSR count). The highest BCUT2D eigenvalue weighted by Gasteiger charge is 2.42. The molecule has 1 heterocycles. The summed E-state index contributed by atoms with van der Waals surface area (Å²) in [6, 6.07) is 0. The molecule has 1 aliphatic heterocycles. The molecule has 0 aromatic rings. The lowest BCUT2D eigenvalue weighted by atomic mass is 10.5. The first-order valence-electron chi connectivity index (χ1n) is 3.67. The maximum atomic E-state index is 11.4. The van der Waals surface area contributed by atoms with Crippen molar-refractivity contribution in [3.63, 3.8) is 0 Å². The molecule has 2 atom stereocenters. The van der Waals surface area contributed by atoms with Gasteiger partial charge in [-0.25, -0.2) is 4.90 Å². The van der Waals surface area contributed by atoms with Crippen LogP contribution in [0.25, 0.3) is 0 Å². The summed E-state index contributed by atoms with van der Waals surface area (Å²) in [6.45, 7) is 0. The summed E-state index contributed by atoms with van der Waals surface area (Å²) in [5.41, 5.74) is 0. The van der Waals surface area contributed by atoms with Crippen LogP contribution in [0.1, 0.15) is 0 Å². The van der Waals surface area contributed by atoms with Crippen molar-refractivity contribution in [2.45, 2.75) is 12.6 Å². The molecule has 1 saturated heterocycles. The molecule has 0 aromatic heterocycles. The minimum absolute atomic E-state index is 0.0770. The Hall–Kier alpha value is -0.650. The second-order valence-corrected chi connectivity index (χ2v) is 2.76. The van der Waals surface area contributed by atoms with Crippen LogP contribution in [0.3, 0.4) is 0 Å². The van der Waals surface area contributed by atoms with Gasteiger partial charge in [-0.2, -0.15) is 0 Å². The van der Waals surface area contributed by atoms with E-state index in [0.29, 0.717) is 0 Å². The number of hydrogen-bond acceptors (Lipinski definition) is 4. The number of hydrogen-bond donors (Lipinski definition) is 0. The molecule has 0 saturated carbocycles. The summed E-state index contributed by atoms with van der Waals surface area (Å²) in [5, 5.41) is 0. The van der Waals surface area contributed by atoms with Crippen LogP contribution < -0.4 is 0 Å². The summed E-state index contributed by atoms with van der Waals surface area (Å²) >= 11 is 0. The molecule has 2 unspecified atom stereocenters. The fraction of sp³-hybridized carbons (Fsp3) is 0.857. The van der Waals surface area contributed by atoms with Crippen molar-refractivity contribution >= 4 is 5.91 Å². The standard InChI is InChI=1S/C7H14N2O3/c1-8-5(10)6(11-3)9(2)7(8)12-4/h6-7H,1-4H3. The number of likely N-dealkylation sites (N-methyl/N-ethyl adjacent to an activating group) is 2. The molecule has 5 heteroatoms. The average molecular weight is 174 g/mol. The Kier molecular flexibility index (Phi) is 2.66. The Balaban J connectivity index is 2.78. The summed E-state index contributed by atoms with van der Waals surface area (Å²) < 4.78 is 10.1. The van der Waals surface area contributed by atoms with Crippen LogP contribution in [0, 0.1) is 0 Å². The molecule has 0 aliphatic carbocycles. The van der Waals surface area contributed by atoms with Gasteiger partial charge in [0.05, 0.1) is 0 Å². The van der Waals surface area contributed by atoms with E-state index in [1.807, 2.05) is 0 Å². The van der Waals surface area contributed by atoms with Gasteiger partial charge < -0.3 is 14.4 Å². The van der Waals surface area contributed by atoms with Crippen molar-refractivity contribution in [2.24, 2.45) is 0 Å². The molecular weight excluding hydrogens is 160 g/mol. The van der Waals surface area contributed by atoms with E-state index in [-0.39, 0.29) is 12.3 Å². The van der Waals surface area contributed by atoms with Crippen LogP contribution >= 0.6 is 0 Å². The number of ether oxygens (including phenoxy) is 2. The Morgan fingerprint density at radius 1 is 1.25 bits per heavy atom. The highest BCUT2D eigenvalue weighted by molar-refractivity contribution is 5.82. The zero-order valence-corrected chi connectivity index (χ0v) is 7.77. The van der Waals surface area contributed by atoms with Crippen LogP contribution in [-0.4, -0.2) is 56.6 Å². The maximum absolute atomic E-state index is 11.4. The summed E-state index contributed by atoms with van der Waals surface area (Å²) in [5.74, 6) is -0.0770. The van der Waals surface area contributed by atoms with E-state index < -0.39 is 6.23 Å². The number of nitrogens with zero attached hydrogens (tertiary/aromatic N) is 2. The Morgan fingerprint density at radius 2 is 1.83 bits per heavy atom. The van der Waals surface area contributed by atoms with Crippen molar-refractivity contribution < 1.29 is 14.3 Å². The van der Waals surface area contributed by atoms with Crippen molar-refractivity contribution in [1.82, 2.24) is 9.80 Å². The minimum atomic E-state index is -0.514. The molecule has 0 radical (unpaired) electrons. The molecule has 0 bridgehead atoms. The number of rotatable bonds is 2. The zero-order valence-electron chi connectivity index (χ0n) is 7.77. The van der Waals surface area contributed by atoms with Crippen LogP contribution in [0.5, 0.6) is 0 Å². The smallest absolute Gasteiger partial charge is 0.269 e. The predicted molar refractivity (Wildman–Crippen MR) is 42.1 cm³/mol. The molecule has 12 heavy (non-hydrogen) atoms. The van der Waals surface area contributed by atoms with E-state index in [1.165, 1.54) is 12.0 Å². The fourth-order valence-corrected chi connectivity index (χ4v) is 1.44. The highest BCUT2D eigenvalue weighted by Crippen LogP contribution is 2.18. The monoisotopic (exact) mass is 174 g/mol. The first-order valence-corrected chi connectivity index (χ1v) is 3.67. The molecule has 1 fully saturated rings. The fourth-order valence-electron chi connectivity index (χ4n) is 1.44. The molecule has 1 aliphatic rings. The predicted octanol–water partition coefficient (Wildman–Crippen LogP) is -0.707. The SMILES string of the molecule is COC1C(=O)N(C)C(OC)N1C. The third-order valence-corrected chi connectivity index (χ3v) is 2.04. The van der Waals surface area contributed by atoms with Gasteiger partial charge in [-0.05, 0) is 7.05 Å². The van der Waals surface area contributed by atoms with Crippen LogP contribution in [0.4, 0.5) is 0 Å². The van der Waals surface area contributed by atoms with E-state index in [0.717, 1.165) is 0 Å². The van der Waals surface area contributed by atoms with Crippen molar-refractivity contribution in [2.75, 3.05) is 28.3 Å². The first-order chi connectivity index (χ1) is 5.63. The molecule has 5 nitrogen and oxygen atoms in total. The topological polar surface area (TPSA) is 42.0 Å². The van der Waals surface area contributed by atoms with Crippen molar-refractivity contribution in [3.8, 4) is 0 Å². The summed E-state index contributed by atoms with van der Waals surface area (Å²) in [7, 11) is 6.53. The second kappa shape index (κ2) is 3.38. The number of amides is 1. The Bertz CT molecular complexity index is 185. The molecule has 0 aromatic carbocycles. The van der Waals surface area contributed by atoms with Crippen LogP contribution in [0.15, 0.2) is 0 Å². The van der Waals surface area contributed by atoms with Gasteiger partial charge in [0.2, 0.25) is 0 Å². The number of carbonyl (C=O) groups excluding carboxylic acids is 1. The normalized spacial score (nSPS) is 31.7. The molecule has 0 spiro atoms. The quantitative estimate of drug-likeness (QED) is 0.554. The van der Waals surface area contributed by atoms with Crippen LogP contribution in [-0.2, 0) is 14.3 Å². The first kappa shape index (κ1) is 9.44. The van der Waals surface area contributed by atoms with E-state index in [2.05, 4.69) is 0 Å².